The van der Waals surface area contributed by atoms with E-state index in [9.17, 15) is 9.90 Å². The molecule has 2 atom stereocenters. The molecule has 0 bridgehead atoms. The number of nitrogens with one attached hydrogen (secondary N) is 1. The number of carbonyl (C=O) groups is 1. The van der Waals surface area contributed by atoms with Gasteiger partial charge in [0.15, 0.2) is 6.33 Å². The highest BCUT2D eigenvalue weighted by Gasteiger charge is 2.36. The van der Waals surface area contributed by atoms with Crippen LogP contribution in [0.1, 0.15) is 54.5 Å². The second-order valence-electron chi connectivity index (χ2n) is 8.75. The van der Waals surface area contributed by atoms with Crippen molar-refractivity contribution in [2.75, 3.05) is 19.6 Å². The largest absolute Gasteiger partial charge is 0.486 e. The fourth-order valence-electron chi connectivity index (χ4n) is 4.09. The second-order valence-corrected chi connectivity index (χ2v) is 8.75. The minimum atomic E-state index is -0.584. The first-order valence-corrected chi connectivity index (χ1v) is 11.6. The zero-order valence-electron chi connectivity index (χ0n) is 19.8. The lowest BCUT2D eigenvalue weighted by Gasteiger charge is -2.42. The van der Waals surface area contributed by atoms with Gasteiger partial charge in [-0.3, -0.25) is 14.7 Å². The number of aliphatic hydroxyl groups is 1. The van der Waals surface area contributed by atoms with E-state index in [2.05, 4.69) is 32.3 Å². The molecular formula is C25H31N5O4. The Hall–Kier alpha value is -3.30. The van der Waals surface area contributed by atoms with Crippen molar-refractivity contribution < 1.29 is 19.2 Å². The molecule has 1 aliphatic heterocycles. The molecule has 2 aromatic heterocycles. The van der Waals surface area contributed by atoms with Crippen LogP contribution in [-0.4, -0.2) is 62.9 Å². The summed E-state index contributed by atoms with van der Waals surface area (Å²) in [6.45, 7) is 7.49. The number of pyridine rings is 1. The van der Waals surface area contributed by atoms with Crippen molar-refractivity contribution in [2.24, 2.45) is 0 Å². The minimum Gasteiger partial charge on any atom is -0.486 e. The Balaban J connectivity index is 1.33. The van der Waals surface area contributed by atoms with Crippen LogP contribution in [0.25, 0.3) is 11.3 Å². The highest BCUT2D eigenvalue weighted by molar-refractivity contribution is 5.96. The van der Waals surface area contributed by atoms with E-state index in [-0.39, 0.29) is 24.6 Å². The van der Waals surface area contributed by atoms with Gasteiger partial charge in [-0.25, -0.2) is 0 Å². The summed E-state index contributed by atoms with van der Waals surface area (Å²) in [4.78, 5) is 23.4. The van der Waals surface area contributed by atoms with Crippen LogP contribution in [0.3, 0.4) is 0 Å². The van der Waals surface area contributed by atoms with Crippen molar-refractivity contribution in [3.8, 4) is 17.0 Å². The number of aryl methyl sites for hydroxylation is 1. The summed E-state index contributed by atoms with van der Waals surface area (Å²) in [6.07, 6.45) is 4.69. The highest BCUT2D eigenvalue weighted by Crippen LogP contribution is 2.30. The quantitative estimate of drug-likeness (QED) is 0.469. The lowest BCUT2D eigenvalue weighted by molar-refractivity contribution is -0.0211. The standard InChI is InChI=1S/C25H31N5O4/c1-4-5-23(25-28-15-29-34-25)30-13-20(14-30)33-19-7-9-22(26-12-19)18-6-8-21(16(2)10-18)24(32)27-11-17(3)31/h6-10,12,15,17,20,23,31H,4-5,11,13-14H2,1-3H3,(H,27,32). The Labute approximate surface area is 199 Å². The molecule has 3 heterocycles. The predicted octanol–water partition coefficient (Wildman–Crippen LogP) is 3.16. The fraction of sp³-hybridized carbons (Fsp3) is 0.440. The molecule has 1 aromatic carbocycles. The lowest BCUT2D eigenvalue weighted by atomic mass is 10.0. The number of nitrogens with zero attached hydrogens (tertiary/aromatic N) is 4. The summed E-state index contributed by atoms with van der Waals surface area (Å²) >= 11 is 0. The van der Waals surface area contributed by atoms with E-state index in [1.807, 2.05) is 31.2 Å². The van der Waals surface area contributed by atoms with Crippen LogP contribution in [0, 0.1) is 6.92 Å². The highest BCUT2D eigenvalue weighted by atomic mass is 16.5. The Morgan fingerprint density at radius 3 is 2.74 bits per heavy atom. The molecule has 1 amide bonds. The average molecular weight is 466 g/mol. The van der Waals surface area contributed by atoms with Gasteiger partial charge in [-0.2, -0.15) is 4.98 Å². The van der Waals surface area contributed by atoms with Gasteiger partial charge in [0, 0.05) is 30.8 Å². The number of hydrogen-bond acceptors (Lipinski definition) is 8. The van der Waals surface area contributed by atoms with Gasteiger partial charge in [0.05, 0.1) is 24.0 Å². The summed E-state index contributed by atoms with van der Waals surface area (Å²) in [5.41, 5.74) is 3.16. The predicted molar refractivity (Wildman–Crippen MR) is 126 cm³/mol. The van der Waals surface area contributed by atoms with Gasteiger partial charge in [-0.05, 0) is 50.1 Å². The molecule has 180 valence electrons. The maximum atomic E-state index is 12.3. The molecule has 1 aliphatic rings. The summed E-state index contributed by atoms with van der Waals surface area (Å²) in [7, 11) is 0. The molecule has 9 nitrogen and oxygen atoms in total. The summed E-state index contributed by atoms with van der Waals surface area (Å²) < 4.78 is 11.4. The number of aliphatic hydroxyl groups excluding tert-OH is 1. The average Bonchev–Trinajstić information content (AvgIpc) is 3.33. The summed E-state index contributed by atoms with van der Waals surface area (Å²) in [5.74, 6) is 1.19. The van der Waals surface area contributed by atoms with Gasteiger partial charge in [0.1, 0.15) is 11.9 Å². The van der Waals surface area contributed by atoms with Gasteiger partial charge in [-0.15, -0.1) is 0 Å². The maximum absolute atomic E-state index is 12.3. The van der Waals surface area contributed by atoms with Crippen LogP contribution in [0.5, 0.6) is 5.75 Å². The zero-order chi connectivity index (χ0) is 24.1. The molecule has 9 heteroatoms. The van der Waals surface area contributed by atoms with Crippen LogP contribution in [0.2, 0.25) is 0 Å². The zero-order valence-corrected chi connectivity index (χ0v) is 19.8. The van der Waals surface area contributed by atoms with Crippen molar-refractivity contribution in [3.05, 3.63) is 59.9 Å². The molecule has 0 radical (unpaired) electrons. The van der Waals surface area contributed by atoms with Crippen LogP contribution in [0.15, 0.2) is 47.4 Å². The van der Waals surface area contributed by atoms with Crippen molar-refractivity contribution >= 4 is 5.91 Å². The van der Waals surface area contributed by atoms with Gasteiger partial charge < -0.3 is 19.7 Å². The molecule has 3 aromatic rings. The van der Waals surface area contributed by atoms with Gasteiger partial charge in [0.25, 0.3) is 5.91 Å². The number of aromatic nitrogens is 3. The normalized spacial score (nSPS) is 16.0. The van der Waals surface area contributed by atoms with E-state index in [0.717, 1.165) is 48.5 Å². The Morgan fingerprint density at radius 1 is 1.29 bits per heavy atom. The first-order valence-electron chi connectivity index (χ1n) is 11.6. The molecule has 2 N–H and O–H groups in total. The van der Waals surface area contributed by atoms with E-state index in [0.29, 0.717) is 11.5 Å². The Bertz CT molecular complexity index is 1080. The van der Waals surface area contributed by atoms with Crippen LogP contribution < -0.4 is 10.1 Å². The van der Waals surface area contributed by atoms with Crippen LogP contribution >= 0.6 is 0 Å². The van der Waals surface area contributed by atoms with Gasteiger partial charge >= 0.3 is 0 Å². The molecule has 4 rings (SSSR count). The lowest BCUT2D eigenvalue weighted by Crippen LogP contribution is -2.55. The first kappa shape index (κ1) is 23.8. The number of benzene rings is 1. The number of amides is 1. The smallest absolute Gasteiger partial charge is 0.251 e. The van der Waals surface area contributed by atoms with Gasteiger partial charge in [-0.1, -0.05) is 24.6 Å². The molecule has 2 unspecified atom stereocenters. The first-order chi connectivity index (χ1) is 16.4. The third kappa shape index (κ3) is 5.60. The minimum absolute atomic E-state index is 0.0941. The third-order valence-electron chi connectivity index (χ3n) is 5.91. The number of ether oxygens (including phenoxy) is 1. The van der Waals surface area contributed by atoms with Crippen LogP contribution in [0.4, 0.5) is 0 Å². The monoisotopic (exact) mass is 465 g/mol. The van der Waals surface area contributed by atoms with E-state index >= 15 is 0 Å². The van der Waals surface area contributed by atoms with Crippen molar-refractivity contribution in [1.29, 1.82) is 0 Å². The van der Waals surface area contributed by atoms with Crippen LogP contribution in [-0.2, 0) is 0 Å². The molecule has 0 spiro atoms. The molecule has 0 saturated carbocycles. The SMILES string of the molecule is CCCC(c1ncno1)N1CC(Oc2ccc(-c3ccc(C(=O)NCC(C)O)c(C)c3)nc2)C1. The van der Waals surface area contributed by atoms with Gasteiger partial charge in [0.2, 0.25) is 5.89 Å². The molecule has 34 heavy (non-hydrogen) atoms. The third-order valence-corrected chi connectivity index (χ3v) is 5.91. The molecule has 0 aliphatic carbocycles. The number of hydrogen-bond donors (Lipinski definition) is 2. The summed E-state index contributed by atoms with van der Waals surface area (Å²) in [6, 6.07) is 9.58. The maximum Gasteiger partial charge on any atom is 0.251 e. The number of rotatable bonds is 10. The molecule has 1 fully saturated rings. The van der Waals surface area contributed by atoms with Crippen molar-refractivity contribution in [1.82, 2.24) is 25.3 Å². The Morgan fingerprint density at radius 2 is 2.12 bits per heavy atom. The summed E-state index contributed by atoms with van der Waals surface area (Å²) in [5, 5.41) is 15.8. The molecule has 1 saturated heterocycles. The van der Waals surface area contributed by atoms with Crippen molar-refractivity contribution in [2.45, 2.75) is 51.9 Å². The van der Waals surface area contributed by atoms with Crippen molar-refractivity contribution in [3.63, 3.8) is 0 Å². The number of carbonyl (C=O) groups excluding carboxylic acids is 1. The van der Waals surface area contributed by atoms with E-state index in [4.69, 9.17) is 9.26 Å². The fourth-order valence-corrected chi connectivity index (χ4v) is 4.09. The van der Waals surface area contributed by atoms with E-state index < -0.39 is 6.10 Å². The second kappa shape index (κ2) is 10.8. The topological polar surface area (TPSA) is 114 Å². The number of likely N-dealkylation sites (tertiary alicyclic amines) is 1. The Kier molecular flexibility index (Phi) is 7.54. The van der Waals surface area contributed by atoms with E-state index in [1.165, 1.54) is 6.33 Å². The van der Waals surface area contributed by atoms with E-state index in [1.54, 1.807) is 19.2 Å². The molecular weight excluding hydrogens is 434 g/mol.